The summed E-state index contributed by atoms with van der Waals surface area (Å²) in [6, 6.07) is 0.636. The van der Waals surface area contributed by atoms with E-state index in [0.717, 1.165) is 38.5 Å². The zero-order valence-electron chi connectivity index (χ0n) is 9.36. The van der Waals surface area contributed by atoms with Crippen molar-refractivity contribution in [1.29, 1.82) is 0 Å². The molecule has 5 nitrogen and oxygen atoms in total. The van der Waals surface area contributed by atoms with Gasteiger partial charge in [0.25, 0.3) is 0 Å². The first-order chi connectivity index (χ1) is 7.29. The summed E-state index contributed by atoms with van der Waals surface area (Å²) in [5.74, 6) is 1.38. The second-order valence-corrected chi connectivity index (χ2v) is 4.00. The van der Waals surface area contributed by atoms with Crippen LogP contribution in [0.2, 0.25) is 0 Å². The first kappa shape index (κ1) is 10.6. The van der Waals surface area contributed by atoms with Crippen LogP contribution in [0, 0.1) is 6.92 Å². The number of hydrogen-bond donors (Lipinski definition) is 1. The Hall–Kier alpha value is -0.940. The topological polar surface area (TPSA) is 54.2 Å². The van der Waals surface area contributed by atoms with Gasteiger partial charge in [0.1, 0.15) is 0 Å². The van der Waals surface area contributed by atoms with Gasteiger partial charge in [-0.15, -0.1) is 10.2 Å². The molecule has 0 aliphatic carbocycles. The molecule has 0 aromatic carbocycles. The van der Waals surface area contributed by atoms with Crippen molar-refractivity contribution in [2.45, 2.75) is 32.9 Å². The Morgan fingerprint density at radius 2 is 2.27 bits per heavy atom. The Balaban J connectivity index is 1.93. The van der Waals surface area contributed by atoms with Gasteiger partial charge < -0.3 is 9.73 Å². The summed E-state index contributed by atoms with van der Waals surface area (Å²) < 4.78 is 5.39. The molecule has 0 spiro atoms. The number of aromatic nitrogens is 2. The molecule has 0 radical (unpaired) electrons. The van der Waals surface area contributed by atoms with E-state index in [0.29, 0.717) is 11.9 Å². The summed E-state index contributed by atoms with van der Waals surface area (Å²) in [4.78, 5) is 2.41. The smallest absolute Gasteiger partial charge is 0.230 e. The zero-order valence-corrected chi connectivity index (χ0v) is 9.36. The van der Waals surface area contributed by atoms with Gasteiger partial charge in [0, 0.05) is 26.1 Å². The highest BCUT2D eigenvalue weighted by atomic mass is 16.4. The highest BCUT2D eigenvalue weighted by Gasteiger charge is 2.25. The summed E-state index contributed by atoms with van der Waals surface area (Å²) >= 11 is 0. The SMILES string of the molecule is CCCN(Cc1nnc(C)o1)C1CNC1. The van der Waals surface area contributed by atoms with Crippen LogP contribution in [0.15, 0.2) is 4.42 Å². The van der Waals surface area contributed by atoms with Crippen molar-refractivity contribution in [3.05, 3.63) is 11.8 Å². The van der Waals surface area contributed by atoms with Gasteiger partial charge in [-0.25, -0.2) is 0 Å². The average molecular weight is 210 g/mol. The fraction of sp³-hybridized carbons (Fsp3) is 0.800. The van der Waals surface area contributed by atoms with E-state index < -0.39 is 0 Å². The second-order valence-electron chi connectivity index (χ2n) is 4.00. The van der Waals surface area contributed by atoms with Crippen LogP contribution in [0.1, 0.15) is 25.1 Å². The van der Waals surface area contributed by atoms with E-state index in [-0.39, 0.29) is 0 Å². The van der Waals surface area contributed by atoms with Gasteiger partial charge in [-0.3, -0.25) is 4.90 Å². The molecular formula is C10H18N4O. The predicted molar refractivity (Wildman–Crippen MR) is 56.4 cm³/mol. The Morgan fingerprint density at radius 1 is 1.47 bits per heavy atom. The number of rotatable bonds is 5. The van der Waals surface area contributed by atoms with Crippen LogP contribution in [0.4, 0.5) is 0 Å². The van der Waals surface area contributed by atoms with Crippen molar-refractivity contribution in [3.8, 4) is 0 Å². The van der Waals surface area contributed by atoms with E-state index in [9.17, 15) is 0 Å². The molecule has 1 aromatic rings. The quantitative estimate of drug-likeness (QED) is 0.769. The molecule has 0 saturated carbocycles. The highest BCUT2D eigenvalue weighted by molar-refractivity contribution is 4.88. The predicted octanol–water partition coefficient (Wildman–Crippen LogP) is 0.562. The van der Waals surface area contributed by atoms with Crippen LogP contribution in [0.25, 0.3) is 0 Å². The summed E-state index contributed by atoms with van der Waals surface area (Å²) in [5.41, 5.74) is 0. The van der Waals surface area contributed by atoms with Gasteiger partial charge in [0.2, 0.25) is 11.8 Å². The fourth-order valence-corrected chi connectivity index (χ4v) is 1.78. The Morgan fingerprint density at radius 3 is 2.73 bits per heavy atom. The van der Waals surface area contributed by atoms with E-state index in [1.807, 2.05) is 6.92 Å². The largest absolute Gasteiger partial charge is 0.424 e. The third-order valence-electron chi connectivity index (χ3n) is 2.69. The first-order valence-electron chi connectivity index (χ1n) is 5.53. The Bertz CT molecular complexity index is 308. The molecule has 0 atom stereocenters. The van der Waals surface area contributed by atoms with Gasteiger partial charge in [-0.05, 0) is 13.0 Å². The van der Waals surface area contributed by atoms with Crippen LogP contribution >= 0.6 is 0 Å². The van der Waals surface area contributed by atoms with Crippen molar-refractivity contribution < 1.29 is 4.42 Å². The van der Waals surface area contributed by atoms with Crippen molar-refractivity contribution in [1.82, 2.24) is 20.4 Å². The van der Waals surface area contributed by atoms with Gasteiger partial charge in [0.05, 0.1) is 6.54 Å². The van der Waals surface area contributed by atoms with Crippen LogP contribution in [0.5, 0.6) is 0 Å². The molecule has 1 fully saturated rings. The van der Waals surface area contributed by atoms with Crippen LogP contribution in [-0.4, -0.2) is 40.8 Å². The molecule has 0 amide bonds. The average Bonchev–Trinajstić information content (AvgIpc) is 2.48. The maximum absolute atomic E-state index is 5.39. The molecule has 1 aromatic heterocycles. The van der Waals surface area contributed by atoms with E-state index >= 15 is 0 Å². The molecule has 2 heterocycles. The molecule has 1 saturated heterocycles. The third-order valence-corrected chi connectivity index (χ3v) is 2.69. The number of nitrogens with zero attached hydrogens (tertiary/aromatic N) is 3. The minimum atomic E-state index is 0.636. The van der Waals surface area contributed by atoms with E-state index in [1.165, 1.54) is 0 Å². The standard InChI is InChI=1S/C10H18N4O/c1-3-4-14(9-5-11-6-9)7-10-13-12-8(2)15-10/h9,11H,3-7H2,1-2H3. The van der Waals surface area contributed by atoms with E-state index in [4.69, 9.17) is 4.42 Å². The molecule has 84 valence electrons. The van der Waals surface area contributed by atoms with Gasteiger partial charge in [-0.2, -0.15) is 0 Å². The Kier molecular flexibility index (Phi) is 3.33. The van der Waals surface area contributed by atoms with Crippen molar-refractivity contribution >= 4 is 0 Å². The Labute approximate surface area is 89.9 Å². The molecule has 0 bridgehead atoms. The minimum Gasteiger partial charge on any atom is -0.424 e. The molecular weight excluding hydrogens is 192 g/mol. The molecule has 1 aliphatic heterocycles. The van der Waals surface area contributed by atoms with Crippen molar-refractivity contribution in [2.24, 2.45) is 0 Å². The third kappa shape index (κ3) is 2.54. The number of nitrogens with one attached hydrogen (secondary N) is 1. The molecule has 2 rings (SSSR count). The lowest BCUT2D eigenvalue weighted by atomic mass is 10.1. The van der Waals surface area contributed by atoms with Crippen LogP contribution in [-0.2, 0) is 6.54 Å². The van der Waals surface area contributed by atoms with E-state index in [2.05, 4.69) is 27.3 Å². The summed E-state index contributed by atoms with van der Waals surface area (Å²) in [7, 11) is 0. The van der Waals surface area contributed by atoms with Crippen LogP contribution in [0.3, 0.4) is 0 Å². The normalized spacial score (nSPS) is 17.0. The summed E-state index contributed by atoms with van der Waals surface area (Å²) in [5, 5.41) is 11.2. The number of hydrogen-bond acceptors (Lipinski definition) is 5. The van der Waals surface area contributed by atoms with E-state index in [1.54, 1.807) is 0 Å². The first-order valence-corrected chi connectivity index (χ1v) is 5.53. The lowest BCUT2D eigenvalue weighted by Crippen LogP contribution is -2.57. The number of aryl methyl sites for hydroxylation is 1. The zero-order chi connectivity index (χ0) is 10.7. The summed E-state index contributed by atoms with van der Waals surface area (Å²) in [6.45, 7) is 8.04. The minimum absolute atomic E-state index is 0.636. The lowest BCUT2D eigenvalue weighted by Gasteiger charge is -2.37. The molecule has 1 N–H and O–H groups in total. The molecule has 15 heavy (non-hydrogen) atoms. The van der Waals surface area contributed by atoms with Crippen LogP contribution < -0.4 is 5.32 Å². The van der Waals surface area contributed by atoms with Gasteiger partial charge in [-0.1, -0.05) is 6.92 Å². The second kappa shape index (κ2) is 4.72. The van der Waals surface area contributed by atoms with Crippen molar-refractivity contribution in [2.75, 3.05) is 19.6 Å². The lowest BCUT2D eigenvalue weighted by molar-refractivity contribution is 0.125. The maximum Gasteiger partial charge on any atom is 0.230 e. The van der Waals surface area contributed by atoms with Crippen molar-refractivity contribution in [3.63, 3.8) is 0 Å². The molecule has 1 aliphatic rings. The monoisotopic (exact) mass is 210 g/mol. The van der Waals surface area contributed by atoms with Gasteiger partial charge in [0.15, 0.2) is 0 Å². The fourth-order valence-electron chi connectivity index (χ4n) is 1.78. The van der Waals surface area contributed by atoms with Gasteiger partial charge >= 0.3 is 0 Å². The maximum atomic E-state index is 5.39. The highest BCUT2D eigenvalue weighted by Crippen LogP contribution is 2.11. The molecule has 5 heteroatoms. The molecule has 0 unspecified atom stereocenters. The summed E-state index contributed by atoms with van der Waals surface area (Å²) in [6.07, 6.45) is 1.16.